The molecule has 0 spiro atoms. The van der Waals surface area contributed by atoms with Crippen LogP contribution in [0.15, 0.2) is 0 Å². The molecule has 15 heavy (non-hydrogen) atoms. The zero-order valence-electron chi connectivity index (χ0n) is 8.68. The van der Waals surface area contributed by atoms with Crippen molar-refractivity contribution in [2.75, 3.05) is 19.0 Å². The summed E-state index contributed by atoms with van der Waals surface area (Å²) >= 11 is 1.24. The SMILES string of the molecule is CNC(=O)N(C)c1nnc(C(C)C#N)s1. The molecule has 0 bridgehead atoms. The van der Waals surface area contributed by atoms with Gasteiger partial charge in [-0.25, -0.2) is 4.79 Å². The predicted octanol–water partition coefficient (Wildman–Crippen LogP) is 0.941. The van der Waals surface area contributed by atoms with Crippen LogP contribution < -0.4 is 10.2 Å². The van der Waals surface area contributed by atoms with E-state index in [2.05, 4.69) is 21.6 Å². The van der Waals surface area contributed by atoms with Gasteiger partial charge in [0.25, 0.3) is 0 Å². The van der Waals surface area contributed by atoms with Gasteiger partial charge in [0, 0.05) is 14.1 Å². The molecule has 0 saturated carbocycles. The van der Waals surface area contributed by atoms with E-state index in [0.29, 0.717) is 10.1 Å². The van der Waals surface area contributed by atoms with Gasteiger partial charge in [0.15, 0.2) is 0 Å². The van der Waals surface area contributed by atoms with E-state index >= 15 is 0 Å². The molecule has 0 aliphatic rings. The summed E-state index contributed by atoms with van der Waals surface area (Å²) in [7, 11) is 3.14. The zero-order chi connectivity index (χ0) is 11.4. The van der Waals surface area contributed by atoms with Crippen LogP contribution in [0.1, 0.15) is 17.8 Å². The number of nitriles is 1. The standard InChI is InChI=1S/C8H11N5OS/c1-5(4-9)6-11-12-8(15-6)13(3)7(14)10-2/h5H,1-3H3,(H,10,14). The number of urea groups is 1. The monoisotopic (exact) mass is 225 g/mol. The third-order valence-corrected chi connectivity index (χ3v) is 2.98. The minimum Gasteiger partial charge on any atom is -0.341 e. The Balaban J connectivity index is 2.85. The molecule has 6 nitrogen and oxygen atoms in total. The van der Waals surface area contributed by atoms with Gasteiger partial charge in [-0.15, -0.1) is 10.2 Å². The molecule has 0 radical (unpaired) electrons. The van der Waals surface area contributed by atoms with Crippen molar-refractivity contribution in [3.8, 4) is 6.07 Å². The van der Waals surface area contributed by atoms with Crippen LogP contribution in [-0.4, -0.2) is 30.3 Å². The number of hydrogen-bond donors (Lipinski definition) is 1. The van der Waals surface area contributed by atoms with Gasteiger partial charge >= 0.3 is 6.03 Å². The van der Waals surface area contributed by atoms with Crippen LogP contribution in [-0.2, 0) is 0 Å². The van der Waals surface area contributed by atoms with Gasteiger partial charge < -0.3 is 5.32 Å². The molecule has 0 aliphatic heterocycles. The predicted molar refractivity (Wildman–Crippen MR) is 56.8 cm³/mol. The smallest absolute Gasteiger partial charge is 0.323 e. The van der Waals surface area contributed by atoms with E-state index in [9.17, 15) is 4.79 Å². The van der Waals surface area contributed by atoms with E-state index in [1.807, 2.05) is 0 Å². The molecule has 1 unspecified atom stereocenters. The summed E-state index contributed by atoms with van der Waals surface area (Å²) in [6.45, 7) is 1.74. The summed E-state index contributed by atoms with van der Waals surface area (Å²) in [5, 5.41) is 19.9. The van der Waals surface area contributed by atoms with Crippen molar-refractivity contribution in [1.29, 1.82) is 5.26 Å². The third kappa shape index (κ3) is 2.41. The Hall–Kier alpha value is -1.68. The number of anilines is 1. The first kappa shape index (κ1) is 11.4. The number of rotatable bonds is 2. The van der Waals surface area contributed by atoms with Crippen molar-refractivity contribution in [3.63, 3.8) is 0 Å². The van der Waals surface area contributed by atoms with E-state index in [-0.39, 0.29) is 11.9 Å². The fraction of sp³-hybridized carbons (Fsp3) is 0.500. The van der Waals surface area contributed by atoms with Crippen LogP contribution in [0, 0.1) is 11.3 Å². The number of hydrogen-bond acceptors (Lipinski definition) is 5. The van der Waals surface area contributed by atoms with E-state index in [1.54, 1.807) is 21.0 Å². The molecule has 1 aromatic rings. The number of carbonyl (C=O) groups excluding carboxylic acids is 1. The van der Waals surface area contributed by atoms with Gasteiger partial charge in [-0.1, -0.05) is 11.3 Å². The molecule has 1 heterocycles. The lowest BCUT2D eigenvalue weighted by Crippen LogP contribution is -2.34. The summed E-state index contributed by atoms with van der Waals surface area (Å²) in [6.07, 6.45) is 0. The maximum Gasteiger partial charge on any atom is 0.323 e. The first-order chi connectivity index (χ1) is 7.10. The van der Waals surface area contributed by atoms with Crippen molar-refractivity contribution in [2.45, 2.75) is 12.8 Å². The van der Waals surface area contributed by atoms with E-state index in [4.69, 9.17) is 5.26 Å². The Kier molecular flexibility index (Phi) is 3.57. The van der Waals surface area contributed by atoms with Gasteiger partial charge in [-0.05, 0) is 6.92 Å². The van der Waals surface area contributed by atoms with Crippen molar-refractivity contribution >= 4 is 22.5 Å². The zero-order valence-corrected chi connectivity index (χ0v) is 9.50. The number of nitrogens with one attached hydrogen (secondary N) is 1. The van der Waals surface area contributed by atoms with Crippen LogP contribution in [0.25, 0.3) is 0 Å². The fourth-order valence-corrected chi connectivity index (χ4v) is 1.65. The number of aromatic nitrogens is 2. The summed E-state index contributed by atoms with van der Waals surface area (Å²) < 4.78 is 0. The third-order valence-electron chi connectivity index (χ3n) is 1.80. The fourth-order valence-electron chi connectivity index (χ4n) is 0.847. The van der Waals surface area contributed by atoms with Gasteiger partial charge in [0.05, 0.1) is 12.0 Å². The summed E-state index contributed by atoms with van der Waals surface area (Å²) in [5.74, 6) is -0.297. The molecule has 0 fully saturated rings. The summed E-state index contributed by atoms with van der Waals surface area (Å²) in [6, 6.07) is 1.80. The van der Waals surface area contributed by atoms with E-state index in [1.165, 1.54) is 16.2 Å². The molecule has 80 valence electrons. The molecule has 0 aliphatic carbocycles. The second-order valence-electron chi connectivity index (χ2n) is 2.89. The minimum absolute atomic E-state index is 0.262. The van der Waals surface area contributed by atoms with Gasteiger partial charge in [0.2, 0.25) is 5.13 Å². The van der Waals surface area contributed by atoms with E-state index in [0.717, 1.165) is 0 Å². The maximum absolute atomic E-state index is 11.2. The van der Waals surface area contributed by atoms with Gasteiger partial charge in [-0.2, -0.15) is 5.26 Å². The maximum atomic E-state index is 11.2. The highest BCUT2D eigenvalue weighted by Gasteiger charge is 2.16. The van der Waals surface area contributed by atoms with Crippen LogP contribution in [0.4, 0.5) is 9.93 Å². The Morgan fingerprint density at radius 2 is 2.33 bits per heavy atom. The molecule has 1 atom stereocenters. The number of carbonyl (C=O) groups is 1. The Morgan fingerprint density at radius 3 is 2.87 bits per heavy atom. The first-order valence-electron chi connectivity index (χ1n) is 4.28. The highest BCUT2D eigenvalue weighted by Crippen LogP contribution is 2.24. The molecule has 0 aromatic carbocycles. The lowest BCUT2D eigenvalue weighted by Gasteiger charge is -2.11. The normalized spacial score (nSPS) is 11.6. The molecule has 1 N–H and O–H groups in total. The average molecular weight is 225 g/mol. The van der Waals surface area contributed by atoms with Crippen molar-refractivity contribution in [1.82, 2.24) is 15.5 Å². The summed E-state index contributed by atoms with van der Waals surface area (Å²) in [5.41, 5.74) is 0. The first-order valence-corrected chi connectivity index (χ1v) is 5.10. The lowest BCUT2D eigenvalue weighted by atomic mass is 10.2. The molecular formula is C8H11N5OS. The van der Waals surface area contributed by atoms with Crippen LogP contribution >= 0.6 is 11.3 Å². The molecule has 1 aromatic heterocycles. The highest BCUT2D eigenvalue weighted by atomic mass is 32.1. The van der Waals surface area contributed by atoms with Crippen molar-refractivity contribution < 1.29 is 4.79 Å². The highest BCUT2D eigenvalue weighted by molar-refractivity contribution is 7.15. The Morgan fingerprint density at radius 1 is 1.67 bits per heavy atom. The molecule has 0 saturated heterocycles. The number of amides is 2. The molecule has 1 rings (SSSR count). The average Bonchev–Trinajstić information content (AvgIpc) is 2.75. The van der Waals surface area contributed by atoms with Gasteiger partial charge in [-0.3, -0.25) is 4.90 Å². The minimum atomic E-state index is -0.297. The molecule has 7 heteroatoms. The van der Waals surface area contributed by atoms with Gasteiger partial charge in [0.1, 0.15) is 5.01 Å². The largest absolute Gasteiger partial charge is 0.341 e. The van der Waals surface area contributed by atoms with Crippen molar-refractivity contribution in [3.05, 3.63) is 5.01 Å². The second-order valence-corrected chi connectivity index (χ2v) is 3.88. The van der Waals surface area contributed by atoms with Crippen molar-refractivity contribution in [2.24, 2.45) is 0 Å². The van der Waals surface area contributed by atoms with Crippen LogP contribution in [0.3, 0.4) is 0 Å². The molecular weight excluding hydrogens is 214 g/mol. The molecule has 2 amide bonds. The van der Waals surface area contributed by atoms with Crippen LogP contribution in [0.5, 0.6) is 0 Å². The summed E-state index contributed by atoms with van der Waals surface area (Å²) in [4.78, 5) is 12.6. The Labute approximate surface area is 91.5 Å². The van der Waals surface area contributed by atoms with Crippen LogP contribution in [0.2, 0.25) is 0 Å². The quantitative estimate of drug-likeness (QED) is 0.812. The Bertz CT molecular complexity index is 396. The van der Waals surface area contributed by atoms with E-state index < -0.39 is 0 Å². The lowest BCUT2D eigenvalue weighted by molar-refractivity contribution is 0.249. The second kappa shape index (κ2) is 4.70. The number of nitrogens with zero attached hydrogens (tertiary/aromatic N) is 4. The topological polar surface area (TPSA) is 81.9 Å².